The number of amides is 1. The zero-order chi connectivity index (χ0) is 22.9. The van der Waals surface area contributed by atoms with E-state index in [0.717, 1.165) is 35.2 Å². The van der Waals surface area contributed by atoms with Gasteiger partial charge in [-0.3, -0.25) is 9.78 Å². The minimum Gasteiger partial charge on any atom is -0.389 e. The van der Waals surface area contributed by atoms with Gasteiger partial charge in [0.1, 0.15) is 0 Å². The average molecular weight is 434 g/mol. The zero-order valence-electron chi connectivity index (χ0n) is 18.6. The Morgan fingerprint density at radius 3 is 2.41 bits per heavy atom. The molecule has 2 aromatic carbocycles. The Morgan fingerprint density at radius 1 is 1.00 bits per heavy atom. The molecule has 2 atom stereocenters. The topological polar surface area (TPSA) is 85.7 Å². The van der Waals surface area contributed by atoms with Crippen LogP contribution in [0.1, 0.15) is 51.7 Å². The van der Waals surface area contributed by atoms with Gasteiger partial charge in [-0.2, -0.15) is 0 Å². The van der Waals surface area contributed by atoms with E-state index in [9.17, 15) is 15.0 Å². The second-order valence-electron chi connectivity index (χ2n) is 8.04. The maximum atomic E-state index is 12.8. The first-order valence-electron chi connectivity index (χ1n) is 10.8. The number of carbonyl (C=O) groups is 1. The molecule has 0 aliphatic rings. The SMILES string of the molecule is CC(O)c1cncc(CN(C)C(=O)c2ccc(CCNC[C@H](O)c3ccccc3)cc2)c1. The van der Waals surface area contributed by atoms with Crippen LogP contribution in [0.25, 0.3) is 0 Å². The van der Waals surface area contributed by atoms with Gasteiger partial charge in [0, 0.05) is 38.1 Å². The van der Waals surface area contributed by atoms with Crippen LogP contribution in [0.3, 0.4) is 0 Å². The van der Waals surface area contributed by atoms with E-state index in [0.29, 0.717) is 18.7 Å². The number of rotatable bonds is 10. The molecule has 0 spiro atoms. The summed E-state index contributed by atoms with van der Waals surface area (Å²) in [5, 5.41) is 23.2. The summed E-state index contributed by atoms with van der Waals surface area (Å²) in [5.74, 6) is -0.0666. The van der Waals surface area contributed by atoms with Gasteiger partial charge < -0.3 is 20.4 Å². The van der Waals surface area contributed by atoms with E-state index in [1.807, 2.05) is 60.7 Å². The third-order valence-electron chi connectivity index (χ3n) is 5.38. The molecule has 1 amide bonds. The molecule has 0 saturated carbocycles. The Hall–Kier alpha value is -3.06. The molecule has 1 heterocycles. The number of nitrogens with one attached hydrogen (secondary N) is 1. The molecule has 1 aromatic heterocycles. The van der Waals surface area contributed by atoms with E-state index in [-0.39, 0.29) is 5.91 Å². The van der Waals surface area contributed by atoms with Gasteiger partial charge in [-0.25, -0.2) is 0 Å². The zero-order valence-corrected chi connectivity index (χ0v) is 18.6. The van der Waals surface area contributed by atoms with E-state index >= 15 is 0 Å². The number of nitrogens with zero attached hydrogens (tertiary/aromatic N) is 2. The summed E-state index contributed by atoms with van der Waals surface area (Å²) in [6, 6.07) is 19.1. The summed E-state index contributed by atoms with van der Waals surface area (Å²) < 4.78 is 0. The molecule has 0 aliphatic carbocycles. The molecule has 168 valence electrons. The van der Waals surface area contributed by atoms with E-state index in [1.165, 1.54) is 0 Å². The summed E-state index contributed by atoms with van der Waals surface area (Å²) in [5.41, 5.74) is 4.26. The van der Waals surface area contributed by atoms with Crippen molar-refractivity contribution in [2.24, 2.45) is 0 Å². The molecule has 0 bridgehead atoms. The van der Waals surface area contributed by atoms with Crippen molar-refractivity contribution >= 4 is 5.91 Å². The van der Waals surface area contributed by atoms with Crippen molar-refractivity contribution in [2.45, 2.75) is 32.1 Å². The first kappa shape index (κ1) is 23.6. The van der Waals surface area contributed by atoms with Crippen molar-refractivity contribution in [1.82, 2.24) is 15.2 Å². The molecule has 3 aromatic rings. The summed E-state index contributed by atoms with van der Waals surface area (Å²) in [4.78, 5) is 18.6. The van der Waals surface area contributed by atoms with E-state index in [1.54, 1.807) is 31.3 Å². The second-order valence-corrected chi connectivity index (χ2v) is 8.04. The van der Waals surface area contributed by atoms with E-state index in [4.69, 9.17) is 0 Å². The molecule has 0 radical (unpaired) electrons. The lowest BCUT2D eigenvalue weighted by Crippen LogP contribution is -2.26. The van der Waals surface area contributed by atoms with Crippen molar-refractivity contribution in [3.8, 4) is 0 Å². The van der Waals surface area contributed by atoms with Crippen LogP contribution in [-0.4, -0.2) is 46.1 Å². The molecular formula is C26H31N3O3. The largest absolute Gasteiger partial charge is 0.389 e. The molecule has 0 saturated heterocycles. The summed E-state index contributed by atoms with van der Waals surface area (Å²) in [6.07, 6.45) is 3.03. The number of aromatic nitrogens is 1. The van der Waals surface area contributed by atoms with Crippen molar-refractivity contribution in [3.05, 3.63) is 101 Å². The molecule has 3 rings (SSSR count). The summed E-state index contributed by atoms with van der Waals surface area (Å²) >= 11 is 0. The van der Waals surface area contributed by atoms with Crippen LogP contribution in [0.4, 0.5) is 0 Å². The maximum absolute atomic E-state index is 12.8. The Bertz CT molecular complexity index is 991. The second kappa shape index (κ2) is 11.5. The van der Waals surface area contributed by atoms with Gasteiger partial charge in [-0.05, 0) is 60.3 Å². The Balaban J connectivity index is 1.47. The van der Waals surface area contributed by atoms with Crippen LogP contribution >= 0.6 is 0 Å². The predicted octanol–water partition coefficient (Wildman–Crippen LogP) is 3.27. The highest BCUT2D eigenvalue weighted by Gasteiger charge is 2.13. The number of hydrogen-bond acceptors (Lipinski definition) is 5. The third-order valence-corrected chi connectivity index (χ3v) is 5.38. The number of benzene rings is 2. The van der Waals surface area contributed by atoms with Crippen LogP contribution in [0.5, 0.6) is 0 Å². The first-order valence-corrected chi connectivity index (χ1v) is 10.8. The van der Waals surface area contributed by atoms with Crippen molar-refractivity contribution in [2.75, 3.05) is 20.1 Å². The van der Waals surface area contributed by atoms with Gasteiger partial charge in [-0.1, -0.05) is 42.5 Å². The number of pyridine rings is 1. The van der Waals surface area contributed by atoms with Gasteiger partial charge >= 0.3 is 0 Å². The van der Waals surface area contributed by atoms with Crippen LogP contribution in [0.2, 0.25) is 0 Å². The van der Waals surface area contributed by atoms with E-state index in [2.05, 4.69) is 10.3 Å². The number of hydrogen-bond donors (Lipinski definition) is 3. The fourth-order valence-corrected chi connectivity index (χ4v) is 3.47. The monoisotopic (exact) mass is 433 g/mol. The van der Waals surface area contributed by atoms with Gasteiger partial charge in [0.25, 0.3) is 5.91 Å². The minimum atomic E-state index is -0.591. The Labute approximate surface area is 189 Å². The summed E-state index contributed by atoms with van der Waals surface area (Å²) in [6.45, 7) is 3.35. The van der Waals surface area contributed by atoms with Gasteiger partial charge in [-0.15, -0.1) is 0 Å². The lowest BCUT2D eigenvalue weighted by Gasteiger charge is -2.18. The number of carbonyl (C=O) groups excluding carboxylic acids is 1. The Kier molecular flexibility index (Phi) is 8.50. The van der Waals surface area contributed by atoms with Gasteiger partial charge in [0.2, 0.25) is 0 Å². The third kappa shape index (κ3) is 6.72. The van der Waals surface area contributed by atoms with Crippen molar-refractivity contribution in [1.29, 1.82) is 0 Å². The lowest BCUT2D eigenvalue weighted by molar-refractivity contribution is 0.0785. The van der Waals surface area contributed by atoms with Gasteiger partial charge in [0.15, 0.2) is 0 Å². The van der Waals surface area contributed by atoms with Crippen LogP contribution in [-0.2, 0) is 13.0 Å². The smallest absolute Gasteiger partial charge is 0.253 e. The van der Waals surface area contributed by atoms with Crippen LogP contribution in [0, 0.1) is 0 Å². The lowest BCUT2D eigenvalue weighted by atomic mass is 10.1. The molecule has 1 unspecified atom stereocenters. The first-order chi connectivity index (χ1) is 15.4. The molecule has 32 heavy (non-hydrogen) atoms. The normalized spacial score (nSPS) is 12.9. The molecule has 0 fully saturated rings. The minimum absolute atomic E-state index is 0.0666. The highest BCUT2D eigenvalue weighted by atomic mass is 16.3. The highest BCUT2D eigenvalue weighted by molar-refractivity contribution is 5.94. The predicted molar refractivity (Wildman–Crippen MR) is 125 cm³/mol. The molecule has 6 heteroatoms. The molecule has 6 nitrogen and oxygen atoms in total. The number of aliphatic hydroxyl groups excluding tert-OH is 2. The van der Waals surface area contributed by atoms with Crippen LogP contribution in [0.15, 0.2) is 73.1 Å². The van der Waals surface area contributed by atoms with Crippen LogP contribution < -0.4 is 5.32 Å². The molecule has 0 aliphatic heterocycles. The quantitative estimate of drug-likeness (QED) is 0.427. The fraction of sp³-hybridized carbons (Fsp3) is 0.308. The van der Waals surface area contributed by atoms with E-state index < -0.39 is 12.2 Å². The van der Waals surface area contributed by atoms with Gasteiger partial charge in [0.05, 0.1) is 12.2 Å². The fourth-order valence-electron chi connectivity index (χ4n) is 3.47. The standard InChI is InChI=1S/C26H31N3O3/c1-19(30)24-14-21(15-28-16-24)18-29(2)26(32)23-10-8-20(9-11-23)12-13-27-17-25(31)22-6-4-3-5-7-22/h3-11,14-16,19,25,27,30-31H,12-13,17-18H2,1-2H3/t19?,25-/m0/s1. The van der Waals surface area contributed by atoms with Crippen molar-refractivity contribution in [3.63, 3.8) is 0 Å². The summed E-state index contributed by atoms with van der Waals surface area (Å²) in [7, 11) is 1.76. The maximum Gasteiger partial charge on any atom is 0.253 e. The molecular weight excluding hydrogens is 402 g/mol. The molecule has 3 N–H and O–H groups in total. The number of aliphatic hydroxyl groups is 2. The highest BCUT2D eigenvalue weighted by Crippen LogP contribution is 2.15. The Morgan fingerprint density at radius 2 is 1.72 bits per heavy atom. The van der Waals surface area contributed by atoms with Crippen molar-refractivity contribution < 1.29 is 15.0 Å². The average Bonchev–Trinajstić information content (AvgIpc) is 2.82.